The minimum absolute atomic E-state index is 0.0686. The number of hydrogen-bond acceptors (Lipinski definition) is 5. The highest BCUT2D eigenvalue weighted by molar-refractivity contribution is 5.76. The Balaban J connectivity index is 0. The van der Waals surface area contributed by atoms with Gasteiger partial charge >= 0.3 is 0 Å². The van der Waals surface area contributed by atoms with Gasteiger partial charge in [-0.25, -0.2) is 0 Å². The molecule has 0 radical (unpaired) electrons. The molecule has 0 rings (SSSR count). The van der Waals surface area contributed by atoms with Crippen molar-refractivity contribution in [2.45, 2.75) is 133 Å². The largest absolute Gasteiger partial charge is 0.358 e. The van der Waals surface area contributed by atoms with Crippen molar-refractivity contribution in [1.29, 1.82) is 0 Å². The van der Waals surface area contributed by atoms with E-state index in [1.54, 1.807) is 0 Å². The molecule has 228 valence electrons. The summed E-state index contributed by atoms with van der Waals surface area (Å²) in [4.78, 5) is 27.3. The number of rotatable bonds is 18. The third-order valence-electron chi connectivity index (χ3n) is 6.48. The van der Waals surface area contributed by atoms with E-state index in [0.717, 1.165) is 52.0 Å². The fraction of sp³-hybridized carbons (Fsp3) is 0.935. The van der Waals surface area contributed by atoms with Crippen LogP contribution >= 0.6 is 0 Å². The predicted molar refractivity (Wildman–Crippen MR) is 165 cm³/mol. The summed E-state index contributed by atoms with van der Waals surface area (Å²) in [5.41, 5.74) is 6.09. The van der Waals surface area contributed by atoms with Gasteiger partial charge in [0.1, 0.15) is 0 Å². The standard InChI is InChI=1S/C22H47N3O.C9H20N2O/c1-10-12-24(18(2)3)14-15-25(19(4)5)13-11-21(26)23-17-20(6)16-22(7,8)9;1-8(2,6-11-7-12)5-9(3,4)10/h18-20H,10-17H2,1-9H3,(H,23,26);7H,5-6,10H2,1-4H3,(H,11,12). The summed E-state index contributed by atoms with van der Waals surface area (Å²) in [5.74, 6) is 0.708. The zero-order valence-electron chi connectivity index (χ0n) is 27.7. The van der Waals surface area contributed by atoms with Gasteiger partial charge in [-0.05, 0) is 84.1 Å². The molecule has 4 N–H and O–H groups in total. The molecule has 0 spiro atoms. The summed E-state index contributed by atoms with van der Waals surface area (Å²) in [6, 6.07) is 1.05. The molecular formula is C31H67N5O2. The maximum absolute atomic E-state index is 12.2. The van der Waals surface area contributed by atoms with E-state index in [0.29, 0.717) is 36.4 Å². The number of hydrogen-bond donors (Lipinski definition) is 3. The second-order valence-electron chi connectivity index (χ2n) is 14.5. The number of carbonyl (C=O) groups excluding carboxylic acids is 2. The molecule has 0 saturated carbocycles. The number of amides is 2. The number of nitrogens with one attached hydrogen (secondary N) is 2. The fourth-order valence-electron chi connectivity index (χ4n) is 5.15. The van der Waals surface area contributed by atoms with Crippen LogP contribution in [0, 0.1) is 16.7 Å². The van der Waals surface area contributed by atoms with E-state index in [-0.39, 0.29) is 16.9 Å². The van der Waals surface area contributed by atoms with Gasteiger partial charge in [0, 0.05) is 56.8 Å². The van der Waals surface area contributed by atoms with Crippen LogP contribution in [0.3, 0.4) is 0 Å². The van der Waals surface area contributed by atoms with Crippen LogP contribution in [0.4, 0.5) is 0 Å². The molecule has 0 aromatic rings. The zero-order chi connectivity index (χ0) is 30.2. The van der Waals surface area contributed by atoms with Crippen molar-refractivity contribution in [3.63, 3.8) is 0 Å². The van der Waals surface area contributed by atoms with Crippen molar-refractivity contribution in [3.8, 4) is 0 Å². The molecule has 0 aromatic carbocycles. The van der Waals surface area contributed by atoms with Crippen molar-refractivity contribution in [1.82, 2.24) is 20.4 Å². The lowest BCUT2D eigenvalue weighted by Crippen LogP contribution is -2.43. The van der Waals surface area contributed by atoms with E-state index < -0.39 is 0 Å². The van der Waals surface area contributed by atoms with Crippen molar-refractivity contribution in [3.05, 3.63) is 0 Å². The summed E-state index contributed by atoms with van der Waals surface area (Å²) >= 11 is 0. The van der Waals surface area contributed by atoms with Crippen LogP contribution in [0.5, 0.6) is 0 Å². The average Bonchev–Trinajstić information content (AvgIpc) is 2.72. The van der Waals surface area contributed by atoms with E-state index in [9.17, 15) is 9.59 Å². The van der Waals surface area contributed by atoms with Gasteiger partial charge in [0.15, 0.2) is 0 Å². The molecule has 7 nitrogen and oxygen atoms in total. The normalized spacial score (nSPS) is 13.5. The first kappa shape index (κ1) is 39.0. The number of nitrogens with two attached hydrogens (primary N) is 1. The predicted octanol–water partition coefficient (Wildman–Crippen LogP) is 5.28. The second-order valence-corrected chi connectivity index (χ2v) is 14.5. The van der Waals surface area contributed by atoms with E-state index in [1.807, 2.05) is 13.8 Å². The Morgan fingerprint density at radius 2 is 1.37 bits per heavy atom. The van der Waals surface area contributed by atoms with Gasteiger partial charge in [-0.1, -0.05) is 48.5 Å². The van der Waals surface area contributed by atoms with Crippen LogP contribution in [0.1, 0.15) is 116 Å². The fourth-order valence-corrected chi connectivity index (χ4v) is 5.15. The first-order chi connectivity index (χ1) is 17.2. The van der Waals surface area contributed by atoms with Crippen LogP contribution in [-0.4, -0.2) is 79.0 Å². The molecule has 1 unspecified atom stereocenters. The van der Waals surface area contributed by atoms with Gasteiger partial charge in [-0.15, -0.1) is 0 Å². The average molecular weight is 542 g/mol. The molecule has 0 aromatic heterocycles. The zero-order valence-corrected chi connectivity index (χ0v) is 27.7. The van der Waals surface area contributed by atoms with E-state index in [4.69, 9.17) is 5.73 Å². The van der Waals surface area contributed by atoms with Crippen LogP contribution in [0.25, 0.3) is 0 Å². The number of carbonyl (C=O) groups is 2. The molecule has 0 heterocycles. The molecule has 0 aliphatic rings. The highest BCUT2D eigenvalue weighted by atomic mass is 16.1. The third-order valence-corrected chi connectivity index (χ3v) is 6.48. The molecule has 38 heavy (non-hydrogen) atoms. The first-order valence-electron chi connectivity index (χ1n) is 14.9. The quantitative estimate of drug-likeness (QED) is 0.205. The Kier molecular flexibility index (Phi) is 19.5. The van der Waals surface area contributed by atoms with Crippen molar-refractivity contribution < 1.29 is 9.59 Å². The lowest BCUT2D eigenvalue weighted by molar-refractivity contribution is -0.121. The Morgan fingerprint density at radius 1 is 0.868 bits per heavy atom. The SMILES string of the molecule is CC(C)(N)CC(C)(C)CNC=O.CCCN(CCN(CCC(=O)NCC(C)CC(C)(C)C)C(C)C)C(C)C. The molecule has 0 aliphatic carbocycles. The Bertz CT molecular complexity index is 621. The van der Waals surface area contributed by atoms with Gasteiger partial charge in [0.2, 0.25) is 12.3 Å². The molecule has 0 aliphatic heterocycles. The lowest BCUT2D eigenvalue weighted by Gasteiger charge is -2.32. The van der Waals surface area contributed by atoms with Gasteiger partial charge in [-0.3, -0.25) is 19.4 Å². The lowest BCUT2D eigenvalue weighted by atomic mass is 9.80. The maximum atomic E-state index is 12.2. The molecule has 1 atom stereocenters. The third kappa shape index (κ3) is 23.9. The Morgan fingerprint density at radius 3 is 1.76 bits per heavy atom. The smallest absolute Gasteiger partial charge is 0.221 e. The number of nitrogens with zero attached hydrogens (tertiary/aromatic N) is 2. The Hall–Kier alpha value is -1.18. The molecule has 7 heteroatoms. The summed E-state index contributed by atoms with van der Waals surface area (Å²) < 4.78 is 0. The molecular weight excluding hydrogens is 474 g/mol. The highest BCUT2D eigenvalue weighted by Crippen LogP contribution is 2.25. The summed E-state index contributed by atoms with van der Waals surface area (Å²) in [7, 11) is 0. The van der Waals surface area contributed by atoms with Crippen LogP contribution in [-0.2, 0) is 9.59 Å². The van der Waals surface area contributed by atoms with Crippen molar-refractivity contribution >= 4 is 12.3 Å². The van der Waals surface area contributed by atoms with Crippen molar-refractivity contribution in [2.24, 2.45) is 22.5 Å². The van der Waals surface area contributed by atoms with Crippen LogP contribution in [0.2, 0.25) is 0 Å². The molecule has 0 saturated heterocycles. The summed E-state index contributed by atoms with van der Waals surface area (Å²) in [6.45, 7) is 34.0. The maximum Gasteiger partial charge on any atom is 0.221 e. The molecule has 0 fully saturated rings. The highest BCUT2D eigenvalue weighted by Gasteiger charge is 2.25. The van der Waals surface area contributed by atoms with E-state index in [2.05, 4.69) is 96.6 Å². The van der Waals surface area contributed by atoms with Crippen LogP contribution in [0.15, 0.2) is 0 Å². The van der Waals surface area contributed by atoms with Gasteiger partial charge in [0.05, 0.1) is 0 Å². The monoisotopic (exact) mass is 542 g/mol. The van der Waals surface area contributed by atoms with E-state index in [1.165, 1.54) is 6.42 Å². The van der Waals surface area contributed by atoms with Crippen molar-refractivity contribution in [2.75, 3.05) is 39.3 Å². The van der Waals surface area contributed by atoms with Gasteiger partial charge in [0.25, 0.3) is 0 Å². The first-order valence-corrected chi connectivity index (χ1v) is 14.9. The van der Waals surface area contributed by atoms with Gasteiger partial charge in [-0.2, -0.15) is 0 Å². The summed E-state index contributed by atoms with van der Waals surface area (Å²) in [6.07, 6.45) is 4.53. The Labute approximate surface area is 237 Å². The van der Waals surface area contributed by atoms with Gasteiger partial charge < -0.3 is 16.4 Å². The van der Waals surface area contributed by atoms with Crippen LogP contribution < -0.4 is 16.4 Å². The van der Waals surface area contributed by atoms with E-state index >= 15 is 0 Å². The molecule has 2 amide bonds. The second kappa shape index (κ2) is 19.0. The molecule has 0 bridgehead atoms. The topological polar surface area (TPSA) is 90.7 Å². The summed E-state index contributed by atoms with van der Waals surface area (Å²) in [5, 5.41) is 5.80. The minimum atomic E-state index is -0.173. The minimum Gasteiger partial charge on any atom is -0.358 e.